The summed E-state index contributed by atoms with van der Waals surface area (Å²) in [7, 11) is 0.374. The Morgan fingerprint density at radius 1 is 0.315 bits per heavy atom. The fourth-order valence-electron chi connectivity index (χ4n) is 15.0. The summed E-state index contributed by atoms with van der Waals surface area (Å²) in [4.78, 5) is 0. The summed E-state index contributed by atoms with van der Waals surface area (Å²) >= 11 is 0. The van der Waals surface area contributed by atoms with E-state index in [1.165, 1.54) is 154 Å². The Balaban J connectivity index is 0.961. The monoisotopic (exact) mass is 787 g/mol. The lowest BCUT2D eigenvalue weighted by Gasteiger charge is -2.52. The molecule has 4 nitrogen and oxygen atoms in total. The van der Waals surface area contributed by atoms with E-state index in [1.54, 1.807) is 0 Å². The van der Waals surface area contributed by atoms with Crippen molar-refractivity contribution in [2.24, 2.45) is 81.8 Å². The smallest absolute Gasteiger partial charge is 0.155 e. The molecule has 18 atom stereocenters. The Kier molecular flexibility index (Phi) is 13.9. The van der Waals surface area contributed by atoms with Crippen LogP contribution in [0.4, 0.5) is 0 Å². The number of hydrogen-bond acceptors (Lipinski definition) is 4. The minimum Gasteiger partial charge on any atom is -0.333 e. The predicted octanol–water partition coefficient (Wildman–Crippen LogP) is 14.5. The molecule has 0 spiro atoms. The molecule has 0 saturated heterocycles. The van der Waals surface area contributed by atoms with E-state index >= 15 is 0 Å². The molecule has 0 radical (unpaired) electrons. The summed E-state index contributed by atoms with van der Waals surface area (Å²) in [6, 6.07) is 0. The molecule has 18 unspecified atom stereocenters. The van der Waals surface area contributed by atoms with Gasteiger partial charge in [0, 0.05) is 0 Å². The van der Waals surface area contributed by atoms with E-state index in [0.717, 1.165) is 47.3 Å². The number of hydrogen-bond donors (Lipinski definition) is 0. The van der Waals surface area contributed by atoms with Crippen molar-refractivity contribution in [1.82, 2.24) is 0 Å². The van der Waals surface area contributed by atoms with E-state index in [0.29, 0.717) is 48.1 Å². The molecular weight excluding hydrogens is 702 g/mol. The first-order valence-electron chi connectivity index (χ1n) is 24.1. The van der Waals surface area contributed by atoms with Crippen LogP contribution in [-0.2, 0) is 18.1 Å². The zero-order valence-electron chi connectivity index (χ0n) is 35.8. The van der Waals surface area contributed by atoms with Crippen LogP contribution in [0.1, 0.15) is 196 Å². The van der Waals surface area contributed by atoms with Crippen molar-refractivity contribution in [3.8, 4) is 0 Å². The zero-order chi connectivity index (χ0) is 37.5. The molecule has 0 aromatic heterocycles. The van der Waals surface area contributed by atoms with Crippen LogP contribution in [0.3, 0.4) is 0 Å². The quantitative estimate of drug-likeness (QED) is 0.218. The SMILES string of the molecule is CC(C)(C)C1CC2CCCCC2CC1OPOC1CC2CCCCC2CC1C1CC2CCCCC2CC1OPOC1CC2CCCCC2CC1C(C)(C)C. The van der Waals surface area contributed by atoms with Gasteiger partial charge in [0.15, 0.2) is 18.1 Å². The molecule has 8 aliphatic rings. The van der Waals surface area contributed by atoms with Crippen molar-refractivity contribution in [3.63, 3.8) is 0 Å². The second kappa shape index (κ2) is 18.1. The molecular formula is C48H84O4P2. The average Bonchev–Trinajstić information content (AvgIpc) is 3.16. The van der Waals surface area contributed by atoms with Crippen molar-refractivity contribution in [1.29, 1.82) is 0 Å². The summed E-state index contributed by atoms with van der Waals surface area (Å²) in [5.74, 6) is 9.58. The molecule has 8 fully saturated rings. The minimum absolute atomic E-state index is 0.187. The van der Waals surface area contributed by atoms with Gasteiger partial charge < -0.3 is 18.1 Å². The summed E-state index contributed by atoms with van der Waals surface area (Å²) in [5.41, 5.74) is 0.573. The van der Waals surface area contributed by atoms with E-state index in [2.05, 4.69) is 41.5 Å². The largest absolute Gasteiger partial charge is 0.333 e. The molecule has 0 aromatic carbocycles. The van der Waals surface area contributed by atoms with Gasteiger partial charge in [-0.3, -0.25) is 0 Å². The van der Waals surface area contributed by atoms with Crippen molar-refractivity contribution >= 4 is 18.1 Å². The Morgan fingerprint density at radius 3 is 0.852 bits per heavy atom. The predicted molar refractivity (Wildman–Crippen MR) is 228 cm³/mol. The van der Waals surface area contributed by atoms with Crippen molar-refractivity contribution in [2.45, 2.75) is 220 Å². The Bertz CT molecular complexity index is 1090. The van der Waals surface area contributed by atoms with Gasteiger partial charge in [0.1, 0.15) is 0 Å². The van der Waals surface area contributed by atoms with Gasteiger partial charge in [0.25, 0.3) is 0 Å². The molecule has 6 heteroatoms. The summed E-state index contributed by atoms with van der Waals surface area (Å²) in [5, 5.41) is 0. The first kappa shape index (κ1) is 41.4. The second-order valence-corrected chi connectivity index (χ2v) is 24.4. The first-order valence-corrected chi connectivity index (χ1v) is 25.8. The number of fused-ring (bicyclic) bond motifs is 4. The highest BCUT2D eigenvalue weighted by molar-refractivity contribution is 7.26. The van der Waals surface area contributed by atoms with Crippen LogP contribution in [0.15, 0.2) is 0 Å². The average molecular weight is 787 g/mol. The Labute approximate surface area is 336 Å². The maximum atomic E-state index is 7.20. The standard InChI is InChI=1S/C48H84O4P2/c1-47(2,3)41-25-33-17-9-13-21-37(33)29-45(41)51-53-49-43-27-35-19-11-7-15-31(35)23-39(43)40-24-32-16-8-12-20-36(32)28-44(40)50-54-52-46-30-38-22-14-10-18-34(38)26-42(46)48(4,5)6/h31-46,53-54H,7-30H2,1-6H3. The van der Waals surface area contributed by atoms with Gasteiger partial charge in [-0.2, -0.15) is 0 Å². The van der Waals surface area contributed by atoms with E-state index < -0.39 is 0 Å². The summed E-state index contributed by atoms with van der Waals surface area (Å²) in [6.45, 7) is 14.8. The molecule has 0 amide bonds. The summed E-state index contributed by atoms with van der Waals surface area (Å²) in [6.07, 6.45) is 34.8. The third-order valence-corrected chi connectivity index (χ3v) is 19.7. The van der Waals surface area contributed by atoms with Gasteiger partial charge in [0.2, 0.25) is 0 Å². The third kappa shape index (κ3) is 9.67. The van der Waals surface area contributed by atoms with Gasteiger partial charge in [-0.1, -0.05) is 144 Å². The fourth-order valence-corrected chi connectivity index (χ4v) is 16.7. The highest BCUT2D eigenvalue weighted by Crippen LogP contribution is 2.56. The highest BCUT2D eigenvalue weighted by atomic mass is 31.1. The zero-order valence-corrected chi connectivity index (χ0v) is 37.8. The molecule has 8 rings (SSSR count). The Hall–Kier alpha value is 0.700. The maximum Gasteiger partial charge on any atom is 0.155 e. The van der Waals surface area contributed by atoms with E-state index in [4.69, 9.17) is 18.1 Å². The van der Waals surface area contributed by atoms with Gasteiger partial charge in [0.05, 0.1) is 24.4 Å². The topological polar surface area (TPSA) is 36.9 Å². The molecule has 0 heterocycles. The first-order chi connectivity index (χ1) is 26.0. The van der Waals surface area contributed by atoms with Crippen LogP contribution < -0.4 is 0 Å². The van der Waals surface area contributed by atoms with Crippen LogP contribution in [0.25, 0.3) is 0 Å². The minimum atomic E-state index is 0.187. The van der Waals surface area contributed by atoms with Crippen LogP contribution >= 0.6 is 18.1 Å². The molecule has 8 saturated carbocycles. The van der Waals surface area contributed by atoms with Crippen molar-refractivity contribution < 1.29 is 18.1 Å². The summed E-state index contributed by atoms with van der Waals surface area (Å²) < 4.78 is 28.5. The van der Waals surface area contributed by atoms with Crippen molar-refractivity contribution in [2.75, 3.05) is 0 Å². The lowest BCUT2D eigenvalue weighted by molar-refractivity contribution is -0.0809. The van der Waals surface area contributed by atoms with E-state index in [9.17, 15) is 0 Å². The third-order valence-electron chi connectivity index (χ3n) is 18.1. The molecule has 0 N–H and O–H groups in total. The normalized spacial score (nSPS) is 46.6. The van der Waals surface area contributed by atoms with Gasteiger partial charge >= 0.3 is 0 Å². The van der Waals surface area contributed by atoms with E-state index in [-0.39, 0.29) is 28.9 Å². The van der Waals surface area contributed by atoms with E-state index in [1.807, 2.05) is 0 Å². The van der Waals surface area contributed by atoms with Crippen molar-refractivity contribution in [3.05, 3.63) is 0 Å². The van der Waals surface area contributed by atoms with Gasteiger partial charge in [-0.25, -0.2) is 0 Å². The lowest BCUT2D eigenvalue weighted by atomic mass is 9.58. The number of rotatable bonds is 9. The van der Waals surface area contributed by atoms with Gasteiger partial charge in [-0.15, -0.1) is 0 Å². The molecule has 0 aromatic rings. The molecule has 0 bridgehead atoms. The molecule has 8 aliphatic carbocycles. The van der Waals surface area contributed by atoms with Crippen LogP contribution in [0.5, 0.6) is 0 Å². The lowest BCUT2D eigenvalue weighted by Crippen LogP contribution is -2.48. The second-order valence-electron chi connectivity index (χ2n) is 23.2. The Morgan fingerprint density at radius 2 is 0.556 bits per heavy atom. The molecule has 54 heavy (non-hydrogen) atoms. The van der Waals surface area contributed by atoms with Gasteiger partial charge in [-0.05, 0) is 133 Å². The molecule has 310 valence electrons. The van der Waals surface area contributed by atoms with Crippen LogP contribution in [0.2, 0.25) is 0 Å². The highest BCUT2D eigenvalue weighted by Gasteiger charge is 2.50. The van der Waals surface area contributed by atoms with Crippen LogP contribution in [0, 0.1) is 81.8 Å². The molecule has 0 aliphatic heterocycles. The fraction of sp³-hybridized carbons (Fsp3) is 1.00. The van der Waals surface area contributed by atoms with Crippen LogP contribution in [-0.4, -0.2) is 24.4 Å². The maximum absolute atomic E-state index is 7.20.